The van der Waals surface area contributed by atoms with Crippen LogP contribution in [0.5, 0.6) is 5.75 Å². The van der Waals surface area contributed by atoms with E-state index in [0.717, 1.165) is 10.9 Å². The van der Waals surface area contributed by atoms with Gasteiger partial charge in [0.25, 0.3) is 0 Å². The van der Waals surface area contributed by atoms with Crippen molar-refractivity contribution in [1.82, 2.24) is 9.90 Å². The van der Waals surface area contributed by atoms with Crippen molar-refractivity contribution in [1.29, 1.82) is 16.1 Å². The van der Waals surface area contributed by atoms with E-state index in [9.17, 15) is 5.26 Å². The second kappa shape index (κ2) is 7.14. The molecular formula is C19H13N6O+. The van der Waals surface area contributed by atoms with Gasteiger partial charge in [-0.1, -0.05) is 0 Å². The zero-order valence-electron chi connectivity index (χ0n) is 13.8. The number of rotatable bonds is 4. The lowest BCUT2D eigenvalue weighted by Crippen LogP contribution is -1.89. The third-order valence-electron chi connectivity index (χ3n) is 3.90. The van der Waals surface area contributed by atoms with Gasteiger partial charge in [0.1, 0.15) is 11.3 Å². The van der Waals surface area contributed by atoms with Crippen LogP contribution in [0.4, 0.5) is 5.69 Å². The zero-order valence-corrected chi connectivity index (χ0v) is 13.8. The average Bonchev–Trinajstić information content (AvgIpc) is 3.09. The van der Waals surface area contributed by atoms with Gasteiger partial charge >= 0.3 is 0 Å². The van der Waals surface area contributed by atoms with Gasteiger partial charge in [-0.25, -0.2) is 0 Å². The topological polar surface area (TPSA) is 123 Å². The molecule has 0 saturated carbocycles. The Labute approximate surface area is 149 Å². The number of nitrogens with zero attached hydrogens (tertiary/aromatic N) is 4. The number of allylic oxidation sites excluding steroid dienone is 1. The highest BCUT2D eigenvalue weighted by atomic mass is 16.5. The maximum atomic E-state index is 9.67. The summed E-state index contributed by atoms with van der Waals surface area (Å²) in [5, 5.41) is 23.3. The molecule has 0 bridgehead atoms. The summed E-state index contributed by atoms with van der Waals surface area (Å²) in [6.07, 6.45) is 3.42. The minimum atomic E-state index is 0.407. The molecule has 0 atom stereocenters. The van der Waals surface area contributed by atoms with Gasteiger partial charge in [0, 0.05) is 28.2 Å². The van der Waals surface area contributed by atoms with Crippen LogP contribution < -0.4 is 9.65 Å². The molecular weight excluding hydrogens is 328 g/mol. The fourth-order valence-electron chi connectivity index (χ4n) is 2.69. The van der Waals surface area contributed by atoms with Crippen molar-refractivity contribution in [3.63, 3.8) is 0 Å². The molecule has 0 aliphatic rings. The molecule has 7 heteroatoms. The van der Waals surface area contributed by atoms with Gasteiger partial charge in [0.2, 0.25) is 4.91 Å². The van der Waals surface area contributed by atoms with Crippen molar-refractivity contribution >= 4 is 28.2 Å². The Balaban J connectivity index is 2.19. The Morgan fingerprint density at radius 3 is 2.81 bits per heavy atom. The van der Waals surface area contributed by atoms with E-state index in [1.54, 1.807) is 42.6 Å². The normalized spacial score (nSPS) is 10.7. The first kappa shape index (κ1) is 16.7. The van der Waals surface area contributed by atoms with Crippen LogP contribution in [0.2, 0.25) is 0 Å². The van der Waals surface area contributed by atoms with Crippen molar-refractivity contribution in [2.45, 2.75) is 0 Å². The molecule has 0 aliphatic carbocycles. The molecule has 124 valence electrons. The van der Waals surface area contributed by atoms with Crippen LogP contribution in [0.3, 0.4) is 0 Å². The summed E-state index contributed by atoms with van der Waals surface area (Å²) in [6.45, 7) is 0. The van der Waals surface area contributed by atoms with Gasteiger partial charge < -0.3 is 9.72 Å². The number of nitrogens with one attached hydrogen (secondary N) is 2. The number of H-pyrrole nitrogens is 1. The molecule has 0 aliphatic heterocycles. The van der Waals surface area contributed by atoms with Gasteiger partial charge in [-0.05, 0) is 42.5 Å². The highest BCUT2D eigenvalue weighted by molar-refractivity contribution is 6.02. The van der Waals surface area contributed by atoms with Gasteiger partial charge in [-0.15, -0.1) is 0 Å². The first-order chi connectivity index (χ1) is 12.7. The van der Waals surface area contributed by atoms with E-state index < -0.39 is 0 Å². The number of ether oxygens (including phenoxy) is 1. The standard InChI is InChI=1S/C19H12N6O/c1-26-19-5-2-12(9-20)6-13(19)7-14(10-21)17-11-23-18-4-3-15(24-25-22)8-16(17)18/h2-8,11,22H,1H3/p+1/b14-7+. The van der Waals surface area contributed by atoms with Crippen molar-refractivity contribution in [2.24, 2.45) is 5.11 Å². The summed E-state index contributed by atoms with van der Waals surface area (Å²) >= 11 is 0. The Bertz CT molecular complexity index is 1150. The second-order valence-corrected chi connectivity index (χ2v) is 5.37. The summed E-state index contributed by atoms with van der Waals surface area (Å²) in [5.41, 5.74) is 10.4. The number of methoxy groups -OCH3 is 1. The summed E-state index contributed by atoms with van der Waals surface area (Å²) < 4.78 is 5.33. The van der Waals surface area contributed by atoms with Gasteiger partial charge in [-0.3, -0.25) is 0 Å². The fourth-order valence-corrected chi connectivity index (χ4v) is 2.69. The SMILES string of the molecule is COc1ccc(C#N)cc1/C=C(\C#N)c1c[nH]c2ccc(N=[N+]=N)cc12. The summed E-state index contributed by atoms with van der Waals surface area (Å²) in [5.74, 6) is 0.570. The summed E-state index contributed by atoms with van der Waals surface area (Å²) in [7, 11) is 1.54. The predicted octanol–water partition coefficient (Wildman–Crippen LogP) is 4.29. The van der Waals surface area contributed by atoms with E-state index in [2.05, 4.69) is 27.1 Å². The molecule has 2 N–H and O–H groups in total. The summed E-state index contributed by atoms with van der Waals surface area (Å²) in [6, 6.07) is 14.6. The number of aromatic nitrogens is 1. The Morgan fingerprint density at radius 2 is 2.12 bits per heavy atom. The van der Waals surface area contributed by atoms with Crippen molar-refractivity contribution < 1.29 is 4.74 Å². The van der Waals surface area contributed by atoms with E-state index in [0.29, 0.717) is 33.7 Å². The number of fused-ring (bicyclic) bond motifs is 1. The van der Waals surface area contributed by atoms with E-state index in [1.807, 2.05) is 6.07 Å². The van der Waals surface area contributed by atoms with Gasteiger partial charge in [-0.2, -0.15) is 10.5 Å². The number of benzene rings is 2. The molecule has 0 radical (unpaired) electrons. The Kier molecular flexibility index (Phi) is 4.58. The smallest absolute Gasteiger partial charge is 0.220 e. The predicted molar refractivity (Wildman–Crippen MR) is 96.4 cm³/mol. The lowest BCUT2D eigenvalue weighted by atomic mass is 10.0. The second-order valence-electron chi connectivity index (χ2n) is 5.37. The van der Waals surface area contributed by atoms with E-state index in [1.165, 1.54) is 7.11 Å². The molecule has 0 fully saturated rings. The van der Waals surface area contributed by atoms with Crippen molar-refractivity contribution in [2.75, 3.05) is 7.11 Å². The monoisotopic (exact) mass is 341 g/mol. The lowest BCUT2D eigenvalue weighted by Gasteiger charge is -2.06. The summed E-state index contributed by atoms with van der Waals surface area (Å²) in [4.78, 5) is 6.15. The minimum Gasteiger partial charge on any atom is -0.496 e. The quantitative estimate of drug-likeness (QED) is 0.418. The number of hydrogen-bond donors (Lipinski definition) is 2. The highest BCUT2D eigenvalue weighted by Gasteiger charge is 2.12. The minimum absolute atomic E-state index is 0.407. The first-order valence-corrected chi connectivity index (χ1v) is 7.59. The maximum Gasteiger partial charge on any atom is 0.220 e. The third-order valence-corrected chi connectivity index (χ3v) is 3.90. The molecule has 7 nitrogen and oxygen atoms in total. The van der Waals surface area contributed by atoms with Crippen molar-refractivity contribution in [3.8, 4) is 17.9 Å². The lowest BCUT2D eigenvalue weighted by molar-refractivity contribution is 0.414. The molecule has 3 rings (SSSR count). The maximum absolute atomic E-state index is 9.67. The van der Waals surface area contributed by atoms with Crippen molar-refractivity contribution in [3.05, 3.63) is 59.3 Å². The van der Waals surface area contributed by atoms with Crippen LogP contribution in [0.15, 0.2) is 47.7 Å². The molecule has 0 amide bonds. The van der Waals surface area contributed by atoms with E-state index in [-0.39, 0.29) is 0 Å². The van der Waals surface area contributed by atoms with Crippen LogP contribution in [0.25, 0.3) is 22.6 Å². The largest absolute Gasteiger partial charge is 0.496 e. The highest BCUT2D eigenvalue weighted by Crippen LogP contribution is 2.31. The third kappa shape index (κ3) is 3.07. The Morgan fingerprint density at radius 1 is 1.27 bits per heavy atom. The van der Waals surface area contributed by atoms with Gasteiger partial charge in [0.15, 0.2) is 10.8 Å². The molecule has 0 spiro atoms. The molecule has 3 aromatic rings. The number of hydrogen-bond acceptors (Lipinski definition) is 5. The zero-order chi connectivity index (χ0) is 18.5. The molecule has 2 aromatic carbocycles. The van der Waals surface area contributed by atoms with Gasteiger partial charge in [0.05, 0.1) is 30.4 Å². The first-order valence-electron chi connectivity index (χ1n) is 7.59. The number of aromatic amines is 1. The molecule has 0 unspecified atom stereocenters. The molecule has 26 heavy (non-hydrogen) atoms. The molecule has 1 heterocycles. The fraction of sp³-hybridized carbons (Fsp3) is 0.0526. The molecule has 0 saturated heterocycles. The van der Waals surface area contributed by atoms with E-state index in [4.69, 9.17) is 15.5 Å². The number of nitriles is 2. The Hall–Kier alpha value is -4.19. The molecule has 1 aromatic heterocycles. The van der Waals surface area contributed by atoms with Crippen LogP contribution in [0, 0.1) is 28.2 Å². The van der Waals surface area contributed by atoms with E-state index >= 15 is 0 Å². The van der Waals surface area contributed by atoms with Crippen LogP contribution in [-0.2, 0) is 0 Å². The van der Waals surface area contributed by atoms with Crippen LogP contribution in [-0.4, -0.2) is 12.1 Å². The van der Waals surface area contributed by atoms with Crippen LogP contribution >= 0.6 is 0 Å². The average molecular weight is 341 g/mol. The van der Waals surface area contributed by atoms with Crippen LogP contribution in [0.1, 0.15) is 16.7 Å².